The molecule has 2 N–H and O–H groups in total. The van der Waals surface area contributed by atoms with E-state index in [1.807, 2.05) is 12.1 Å². The van der Waals surface area contributed by atoms with Crippen molar-refractivity contribution in [1.29, 1.82) is 5.26 Å². The fourth-order valence-corrected chi connectivity index (χ4v) is 5.14. The molecule has 4 rings (SSSR count). The summed E-state index contributed by atoms with van der Waals surface area (Å²) in [4.78, 5) is 31.0. The van der Waals surface area contributed by atoms with Crippen molar-refractivity contribution in [3.63, 3.8) is 0 Å². The third kappa shape index (κ3) is 5.50. The molecule has 0 spiro atoms. The van der Waals surface area contributed by atoms with E-state index in [1.54, 1.807) is 42.1 Å². The topological polar surface area (TPSA) is 137 Å². The van der Waals surface area contributed by atoms with E-state index in [2.05, 4.69) is 20.5 Å². The number of H-pyrrole nitrogens is 1. The average Bonchev–Trinajstić information content (AvgIpc) is 2.85. The summed E-state index contributed by atoms with van der Waals surface area (Å²) in [5.41, 5.74) is 3.47. The van der Waals surface area contributed by atoms with Crippen molar-refractivity contribution in [3.05, 3.63) is 80.1 Å². The molecule has 0 atom stereocenters. The number of hydrogen-bond acceptors (Lipinski definition) is 8. The van der Waals surface area contributed by atoms with Crippen molar-refractivity contribution < 1.29 is 4.92 Å². The van der Waals surface area contributed by atoms with Crippen molar-refractivity contribution in [2.45, 2.75) is 42.2 Å². The minimum absolute atomic E-state index is 0.0225. The predicted octanol–water partition coefficient (Wildman–Crippen LogP) is 5.09. The fraction of sp³-hybridized carbons (Fsp3) is 0.250. The Balaban J connectivity index is 1.61. The second-order valence-corrected chi connectivity index (χ2v) is 9.19. The second kappa shape index (κ2) is 10.8. The van der Waals surface area contributed by atoms with E-state index in [0.29, 0.717) is 16.4 Å². The Kier molecular flexibility index (Phi) is 7.34. The first-order valence-electron chi connectivity index (χ1n) is 10.9. The van der Waals surface area contributed by atoms with Crippen LogP contribution in [0.3, 0.4) is 0 Å². The van der Waals surface area contributed by atoms with Gasteiger partial charge < -0.3 is 0 Å². The maximum absolute atomic E-state index is 12.4. The molecule has 0 radical (unpaired) electrons. The van der Waals surface area contributed by atoms with Gasteiger partial charge in [0.25, 0.3) is 11.2 Å². The van der Waals surface area contributed by atoms with Crippen LogP contribution in [-0.2, 0) is 0 Å². The highest BCUT2D eigenvalue weighted by Crippen LogP contribution is 2.36. The Labute approximate surface area is 200 Å². The fourth-order valence-electron chi connectivity index (χ4n) is 3.82. The summed E-state index contributed by atoms with van der Waals surface area (Å²) in [6, 6.07) is 15.6. The van der Waals surface area contributed by atoms with E-state index in [9.17, 15) is 20.2 Å². The van der Waals surface area contributed by atoms with Gasteiger partial charge in [0.05, 0.1) is 16.8 Å². The molecule has 0 bridgehead atoms. The highest BCUT2D eigenvalue weighted by Gasteiger charge is 2.18. The number of benzene rings is 2. The molecule has 0 saturated heterocycles. The van der Waals surface area contributed by atoms with Crippen LogP contribution in [0.15, 0.2) is 63.3 Å². The number of non-ortho nitro benzene ring substituents is 1. The van der Waals surface area contributed by atoms with Crippen molar-refractivity contribution in [2.24, 2.45) is 5.10 Å². The summed E-state index contributed by atoms with van der Waals surface area (Å²) in [5, 5.41) is 25.3. The maximum Gasteiger partial charge on any atom is 0.270 e. The molecule has 2 aromatic carbocycles. The molecule has 1 heterocycles. The standard InChI is InChI=1S/C24H22N6O3S/c25-14-20-22(16-7-3-1-4-8-16)27-24(28-23(20)31)29-26-15-17-13-18(30(32)33)11-12-21(17)34-19-9-5-2-6-10-19/h1,3-4,7-8,11-13,15,19H,2,5-6,9-10H2,(H2,27,28,29,31). The first-order chi connectivity index (χ1) is 16.5. The third-order valence-corrected chi connectivity index (χ3v) is 6.93. The number of aromatic nitrogens is 2. The van der Waals surface area contributed by atoms with Crippen LogP contribution in [0.2, 0.25) is 0 Å². The SMILES string of the molecule is N#Cc1c(-c2ccccc2)nc(NN=Cc2cc([N+](=O)[O-])ccc2SC2CCCCC2)[nH]c1=O. The number of anilines is 1. The number of hydrazone groups is 1. The zero-order valence-corrected chi connectivity index (χ0v) is 19.0. The van der Waals surface area contributed by atoms with Gasteiger partial charge in [-0.3, -0.25) is 19.9 Å². The number of nitro benzene ring substituents is 1. The minimum Gasteiger partial charge on any atom is -0.290 e. The van der Waals surface area contributed by atoms with Crippen LogP contribution in [0.5, 0.6) is 0 Å². The number of aromatic amines is 1. The van der Waals surface area contributed by atoms with Gasteiger partial charge in [-0.25, -0.2) is 10.4 Å². The van der Waals surface area contributed by atoms with Crippen molar-refractivity contribution in [1.82, 2.24) is 9.97 Å². The van der Waals surface area contributed by atoms with Gasteiger partial charge in [-0.15, -0.1) is 11.8 Å². The Morgan fingerprint density at radius 2 is 1.97 bits per heavy atom. The third-order valence-electron chi connectivity index (χ3n) is 5.50. The number of nitriles is 1. The quantitative estimate of drug-likeness (QED) is 0.276. The number of thioether (sulfide) groups is 1. The molecule has 9 nitrogen and oxygen atoms in total. The van der Waals surface area contributed by atoms with E-state index in [-0.39, 0.29) is 22.9 Å². The van der Waals surface area contributed by atoms with Gasteiger partial charge in [-0.2, -0.15) is 10.4 Å². The number of nitrogens with one attached hydrogen (secondary N) is 2. The van der Waals surface area contributed by atoms with Crippen LogP contribution in [0.1, 0.15) is 43.2 Å². The highest BCUT2D eigenvalue weighted by molar-refractivity contribution is 8.00. The molecular formula is C24H22N6O3S. The Morgan fingerprint density at radius 1 is 1.21 bits per heavy atom. The lowest BCUT2D eigenvalue weighted by Crippen LogP contribution is -2.16. The largest absolute Gasteiger partial charge is 0.290 e. The molecule has 1 aliphatic carbocycles. The van der Waals surface area contributed by atoms with Crippen molar-refractivity contribution in [3.8, 4) is 17.3 Å². The molecular weight excluding hydrogens is 452 g/mol. The van der Waals surface area contributed by atoms with E-state index in [4.69, 9.17) is 0 Å². The Bertz CT molecular complexity index is 1310. The van der Waals surface area contributed by atoms with Gasteiger partial charge in [-0.1, -0.05) is 49.6 Å². The normalized spacial score (nSPS) is 14.1. The van der Waals surface area contributed by atoms with Crippen LogP contribution in [-0.4, -0.2) is 26.4 Å². The summed E-state index contributed by atoms with van der Waals surface area (Å²) < 4.78 is 0. The van der Waals surface area contributed by atoms with Gasteiger partial charge in [-0.05, 0) is 18.9 Å². The summed E-state index contributed by atoms with van der Waals surface area (Å²) in [7, 11) is 0. The zero-order chi connectivity index (χ0) is 23.9. The molecule has 1 aliphatic rings. The van der Waals surface area contributed by atoms with E-state index >= 15 is 0 Å². The molecule has 0 amide bonds. The van der Waals surface area contributed by atoms with Gasteiger partial charge >= 0.3 is 0 Å². The van der Waals surface area contributed by atoms with Crippen molar-refractivity contribution >= 4 is 29.6 Å². The van der Waals surface area contributed by atoms with E-state index < -0.39 is 10.5 Å². The van der Waals surface area contributed by atoms with Crippen LogP contribution >= 0.6 is 11.8 Å². The molecule has 1 aromatic heterocycles. The Morgan fingerprint density at radius 3 is 2.68 bits per heavy atom. The lowest BCUT2D eigenvalue weighted by molar-refractivity contribution is -0.384. The van der Waals surface area contributed by atoms with E-state index in [1.165, 1.54) is 37.6 Å². The van der Waals surface area contributed by atoms with Gasteiger partial charge in [0, 0.05) is 33.4 Å². The van der Waals surface area contributed by atoms with Gasteiger partial charge in [0.2, 0.25) is 5.95 Å². The van der Waals surface area contributed by atoms with Gasteiger partial charge in [0.1, 0.15) is 11.6 Å². The monoisotopic (exact) mass is 474 g/mol. The molecule has 0 aliphatic heterocycles. The second-order valence-electron chi connectivity index (χ2n) is 7.84. The van der Waals surface area contributed by atoms with Crippen LogP contribution in [0, 0.1) is 21.4 Å². The zero-order valence-electron chi connectivity index (χ0n) is 18.2. The minimum atomic E-state index is -0.585. The predicted molar refractivity (Wildman–Crippen MR) is 132 cm³/mol. The summed E-state index contributed by atoms with van der Waals surface area (Å²) in [6.07, 6.45) is 7.35. The molecule has 34 heavy (non-hydrogen) atoms. The number of rotatable bonds is 7. The summed E-state index contributed by atoms with van der Waals surface area (Å²) >= 11 is 1.71. The van der Waals surface area contributed by atoms with Crippen LogP contribution in [0.25, 0.3) is 11.3 Å². The molecule has 0 unspecified atom stereocenters. The summed E-state index contributed by atoms with van der Waals surface area (Å²) in [5.74, 6) is 0.0611. The molecule has 1 saturated carbocycles. The first-order valence-corrected chi connectivity index (χ1v) is 11.8. The first kappa shape index (κ1) is 23.2. The molecule has 10 heteroatoms. The molecule has 1 fully saturated rings. The maximum atomic E-state index is 12.4. The highest BCUT2D eigenvalue weighted by atomic mass is 32.2. The van der Waals surface area contributed by atoms with Crippen LogP contribution in [0.4, 0.5) is 11.6 Å². The van der Waals surface area contributed by atoms with E-state index in [0.717, 1.165) is 17.7 Å². The Hall–Kier alpha value is -3.97. The smallest absolute Gasteiger partial charge is 0.270 e. The average molecular weight is 475 g/mol. The van der Waals surface area contributed by atoms with Crippen LogP contribution < -0.4 is 11.0 Å². The number of nitrogens with zero attached hydrogens (tertiary/aromatic N) is 4. The number of hydrogen-bond donors (Lipinski definition) is 2. The molecule has 172 valence electrons. The summed E-state index contributed by atoms with van der Waals surface area (Å²) in [6.45, 7) is 0. The lowest BCUT2D eigenvalue weighted by atomic mass is 10.0. The molecule has 3 aromatic rings. The van der Waals surface area contributed by atoms with Gasteiger partial charge in [0.15, 0.2) is 0 Å². The lowest BCUT2D eigenvalue weighted by Gasteiger charge is -2.21. The number of nitro groups is 1. The van der Waals surface area contributed by atoms with Crippen molar-refractivity contribution in [2.75, 3.05) is 5.43 Å².